The summed E-state index contributed by atoms with van der Waals surface area (Å²) in [5, 5.41) is 2.80. The van der Waals surface area contributed by atoms with Crippen LogP contribution in [0.3, 0.4) is 0 Å². The molecule has 35 heavy (non-hydrogen) atoms. The summed E-state index contributed by atoms with van der Waals surface area (Å²) in [6, 6.07) is 16.8. The Bertz CT molecular complexity index is 1070. The minimum absolute atomic E-state index is 0. The van der Waals surface area contributed by atoms with Crippen molar-refractivity contribution in [3.63, 3.8) is 0 Å². The SMILES string of the molecule is CC(C)(N)C(=O)N[C@H](COCc1ccccc1)C(=O)N1CCC2(CC1)CS(=O)c1ccccc12.Cl. The molecule has 0 aromatic heterocycles. The zero-order chi connectivity index (χ0) is 24.3. The number of carbonyl (C=O) groups is 2. The molecule has 0 radical (unpaired) electrons. The number of hydrogen-bond acceptors (Lipinski definition) is 5. The molecule has 2 aromatic rings. The summed E-state index contributed by atoms with van der Waals surface area (Å²) in [7, 11) is -1.00. The third-order valence-electron chi connectivity index (χ3n) is 6.73. The predicted octanol–water partition coefficient (Wildman–Crippen LogP) is 2.53. The van der Waals surface area contributed by atoms with E-state index in [4.69, 9.17) is 10.5 Å². The molecule has 9 heteroatoms. The van der Waals surface area contributed by atoms with Crippen molar-refractivity contribution in [3.8, 4) is 0 Å². The van der Waals surface area contributed by atoms with E-state index in [1.807, 2.05) is 48.5 Å². The monoisotopic (exact) mass is 519 g/mol. The van der Waals surface area contributed by atoms with E-state index in [2.05, 4.69) is 11.4 Å². The Balaban J connectivity index is 0.00000342. The van der Waals surface area contributed by atoms with E-state index >= 15 is 0 Å². The van der Waals surface area contributed by atoms with E-state index in [0.29, 0.717) is 25.4 Å². The molecule has 2 aliphatic heterocycles. The number of piperidine rings is 1. The maximum absolute atomic E-state index is 13.4. The van der Waals surface area contributed by atoms with Crippen LogP contribution in [0.5, 0.6) is 0 Å². The van der Waals surface area contributed by atoms with Crippen LogP contribution in [0.15, 0.2) is 59.5 Å². The quantitative estimate of drug-likeness (QED) is 0.585. The second-order valence-electron chi connectivity index (χ2n) is 9.84. The highest BCUT2D eigenvalue weighted by atomic mass is 35.5. The van der Waals surface area contributed by atoms with Crippen LogP contribution in [0.1, 0.15) is 37.8 Å². The number of nitrogens with zero attached hydrogens (tertiary/aromatic N) is 1. The summed E-state index contributed by atoms with van der Waals surface area (Å²) in [5.41, 5.74) is 6.84. The van der Waals surface area contributed by atoms with Crippen LogP contribution in [0.4, 0.5) is 0 Å². The molecular formula is C26H34ClN3O4S. The van der Waals surface area contributed by atoms with Gasteiger partial charge in [0, 0.05) is 29.2 Å². The summed E-state index contributed by atoms with van der Waals surface area (Å²) in [6.45, 7) is 4.71. The van der Waals surface area contributed by atoms with Gasteiger partial charge in [0.15, 0.2) is 0 Å². The smallest absolute Gasteiger partial charge is 0.247 e. The number of benzene rings is 2. The molecule has 0 saturated carbocycles. The van der Waals surface area contributed by atoms with E-state index in [1.165, 1.54) is 0 Å². The lowest BCUT2D eigenvalue weighted by molar-refractivity contribution is -0.140. The van der Waals surface area contributed by atoms with Crippen LogP contribution in [-0.4, -0.2) is 58.0 Å². The van der Waals surface area contributed by atoms with E-state index < -0.39 is 28.3 Å². The third kappa shape index (κ3) is 6.12. The lowest BCUT2D eigenvalue weighted by Gasteiger charge is -2.40. The molecule has 2 amide bonds. The van der Waals surface area contributed by atoms with Crippen molar-refractivity contribution in [2.45, 2.75) is 55.2 Å². The van der Waals surface area contributed by atoms with Gasteiger partial charge in [0.2, 0.25) is 11.8 Å². The van der Waals surface area contributed by atoms with Crippen LogP contribution in [0.2, 0.25) is 0 Å². The molecule has 0 aliphatic carbocycles. The maximum Gasteiger partial charge on any atom is 0.247 e. The van der Waals surface area contributed by atoms with Crippen molar-refractivity contribution in [1.82, 2.24) is 10.2 Å². The second kappa shape index (κ2) is 11.2. The van der Waals surface area contributed by atoms with E-state index in [9.17, 15) is 13.8 Å². The standard InChI is InChI=1S/C26H33N3O4S.ClH/c1-25(2,27)24(31)28-21(17-33-16-19-8-4-3-5-9-19)23(30)29-14-12-26(13-15-29)18-34(32)22-11-7-6-10-20(22)26;/h3-11,21H,12-18,27H2,1-2H3,(H,28,31);1H/t21-,34?;/m1./s1. The van der Waals surface area contributed by atoms with Gasteiger partial charge < -0.3 is 20.7 Å². The van der Waals surface area contributed by atoms with Crippen molar-refractivity contribution in [1.29, 1.82) is 0 Å². The highest BCUT2D eigenvalue weighted by Crippen LogP contribution is 2.44. The number of nitrogens with two attached hydrogens (primary N) is 1. The fraction of sp³-hybridized carbons (Fsp3) is 0.462. The van der Waals surface area contributed by atoms with Crippen molar-refractivity contribution in [2.75, 3.05) is 25.4 Å². The van der Waals surface area contributed by atoms with Gasteiger partial charge in [-0.2, -0.15) is 0 Å². The van der Waals surface area contributed by atoms with Crippen molar-refractivity contribution in [2.24, 2.45) is 5.73 Å². The van der Waals surface area contributed by atoms with Gasteiger partial charge in [-0.15, -0.1) is 12.4 Å². The molecule has 3 N–H and O–H groups in total. The number of fused-ring (bicyclic) bond motifs is 2. The topological polar surface area (TPSA) is 102 Å². The number of nitrogens with one attached hydrogen (secondary N) is 1. The first-order chi connectivity index (χ1) is 16.2. The Morgan fingerprint density at radius 3 is 2.40 bits per heavy atom. The van der Waals surface area contributed by atoms with Gasteiger partial charge in [-0.1, -0.05) is 48.5 Å². The Morgan fingerprint density at radius 1 is 1.11 bits per heavy atom. The zero-order valence-electron chi connectivity index (χ0n) is 20.2. The Hall–Kier alpha value is -2.26. The summed E-state index contributed by atoms with van der Waals surface area (Å²) in [5.74, 6) is 0.0338. The van der Waals surface area contributed by atoms with E-state index in [1.54, 1.807) is 18.7 Å². The van der Waals surface area contributed by atoms with E-state index in [-0.39, 0.29) is 30.3 Å². The normalized spacial score (nSPS) is 19.5. The molecule has 2 atom stereocenters. The average Bonchev–Trinajstić information content (AvgIpc) is 3.10. The largest absolute Gasteiger partial charge is 0.374 e. The van der Waals surface area contributed by atoms with Gasteiger partial charge >= 0.3 is 0 Å². The number of ether oxygens (including phenoxy) is 1. The van der Waals surface area contributed by atoms with Gasteiger partial charge in [-0.25, -0.2) is 0 Å². The lowest BCUT2D eigenvalue weighted by atomic mass is 9.74. The van der Waals surface area contributed by atoms with Gasteiger partial charge in [0.1, 0.15) is 6.04 Å². The molecule has 4 rings (SSSR count). The molecule has 1 saturated heterocycles. The van der Waals surface area contributed by atoms with Crippen molar-refractivity contribution in [3.05, 3.63) is 65.7 Å². The van der Waals surface area contributed by atoms with Crippen LogP contribution in [0, 0.1) is 0 Å². The van der Waals surface area contributed by atoms with Crippen molar-refractivity contribution < 1.29 is 18.5 Å². The fourth-order valence-electron chi connectivity index (χ4n) is 4.69. The number of hydrogen-bond donors (Lipinski definition) is 2. The maximum atomic E-state index is 13.4. The van der Waals surface area contributed by atoms with Crippen LogP contribution >= 0.6 is 12.4 Å². The average molecular weight is 520 g/mol. The first-order valence-electron chi connectivity index (χ1n) is 11.7. The molecule has 1 spiro atoms. The van der Waals surface area contributed by atoms with Crippen molar-refractivity contribution >= 4 is 35.0 Å². The van der Waals surface area contributed by atoms with Crippen LogP contribution < -0.4 is 11.1 Å². The van der Waals surface area contributed by atoms with Gasteiger partial charge in [-0.3, -0.25) is 13.8 Å². The first-order valence-corrected chi connectivity index (χ1v) is 13.0. The number of rotatable bonds is 7. The Morgan fingerprint density at radius 2 is 1.74 bits per heavy atom. The van der Waals surface area contributed by atoms with Gasteiger partial charge in [0.25, 0.3) is 0 Å². The number of amides is 2. The molecular weight excluding hydrogens is 486 g/mol. The highest BCUT2D eigenvalue weighted by molar-refractivity contribution is 7.85. The highest BCUT2D eigenvalue weighted by Gasteiger charge is 2.45. The number of halogens is 1. The molecule has 1 unspecified atom stereocenters. The summed E-state index contributed by atoms with van der Waals surface area (Å²) < 4.78 is 18.5. The molecule has 7 nitrogen and oxygen atoms in total. The van der Waals surface area contributed by atoms with Gasteiger partial charge in [0.05, 0.1) is 29.6 Å². The third-order valence-corrected chi connectivity index (χ3v) is 8.39. The van der Waals surface area contributed by atoms with Gasteiger partial charge in [-0.05, 0) is 43.9 Å². The summed E-state index contributed by atoms with van der Waals surface area (Å²) in [6.07, 6.45) is 1.49. The fourth-order valence-corrected chi connectivity index (χ4v) is 6.55. The minimum Gasteiger partial charge on any atom is -0.374 e. The predicted molar refractivity (Wildman–Crippen MR) is 139 cm³/mol. The van der Waals surface area contributed by atoms with E-state index in [0.717, 1.165) is 28.9 Å². The zero-order valence-corrected chi connectivity index (χ0v) is 21.8. The molecule has 0 bridgehead atoms. The van der Waals surface area contributed by atoms with Crippen LogP contribution in [0.25, 0.3) is 0 Å². The lowest BCUT2D eigenvalue weighted by Crippen LogP contribution is -2.59. The second-order valence-corrected chi connectivity index (χ2v) is 11.3. The summed E-state index contributed by atoms with van der Waals surface area (Å²) >= 11 is 0. The summed E-state index contributed by atoms with van der Waals surface area (Å²) in [4.78, 5) is 28.7. The molecule has 2 aliphatic rings. The Labute approximate surface area is 215 Å². The molecule has 1 fully saturated rings. The number of carbonyl (C=O) groups excluding carboxylic acids is 2. The van der Waals surface area contributed by atoms with Crippen LogP contribution in [-0.2, 0) is 37.1 Å². The Kier molecular flexibility index (Phi) is 8.75. The molecule has 2 aromatic carbocycles. The first kappa shape index (κ1) is 27.3. The number of likely N-dealkylation sites (tertiary alicyclic amines) is 1. The molecule has 2 heterocycles. The molecule has 190 valence electrons. The minimum atomic E-state index is -1.11.